The van der Waals surface area contributed by atoms with Crippen LogP contribution in [0, 0.1) is 0 Å². The number of carbonyl (C=O) groups excluding carboxylic acids is 1. The number of aliphatic carboxylic acids is 1. The van der Waals surface area contributed by atoms with Crippen molar-refractivity contribution in [3.05, 3.63) is 0 Å². The molecule has 0 spiro atoms. The highest BCUT2D eigenvalue weighted by atomic mass is 16.4. The Labute approximate surface area is 97.3 Å². The van der Waals surface area contributed by atoms with Gasteiger partial charge in [0.05, 0.1) is 56.4 Å². The van der Waals surface area contributed by atoms with Crippen molar-refractivity contribution in [2.75, 3.05) is 56.4 Å². The minimum absolute atomic E-state index is 0. The summed E-state index contributed by atoms with van der Waals surface area (Å²) in [6.45, 7) is 0.972. The Morgan fingerprint density at radius 1 is 0.800 bits per heavy atom. The molecule has 92 valence electrons. The highest BCUT2D eigenvalue weighted by Gasteiger charge is 1.88. The number of carboxylic acids is 1. The molecule has 5 heteroatoms. The van der Waals surface area contributed by atoms with E-state index >= 15 is 0 Å². The van der Waals surface area contributed by atoms with Crippen LogP contribution >= 0.6 is 0 Å². The number of quaternary nitrogens is 2. The van der Waals surface area contributed by atoms with Crippen molar-refractivity contribution in [3.8, 4) is 0 Å². The van der Waals surface area contributed by atoms with Gasteiger partial charge in [-0.25, -0.2) is 0 Å². The van der Waals surface area contributed by atoms with Gasteiger partial charge in [-0.3, -0.25) is 0 Å². The van der Waals surface area contributed by atoms with E-state index in [2.05, 4.69) is 56.4 Å². The van der Waals surface area contributed by atoms with E-state index in [-0.39, 0.29) is 8.41 Å². The summed E-state index contributed by atoms with van der Waals surface area (Å²) in [6.07, 6.45) is 0. The van der Waals surface area contributed by atoms with Crippen molar-refractivity contribution >= 4 is 14.4 Å². The van der Waals surface area contributed by atoms with Gasteiger partial charge in [0.25, 0.3) is 0 Å². The van der Waals surface area contributed by atoms with Gasteiger partial charge >= 0.3 is 0 Å². The molecule has 0 saturated heterocycles. The molecule has 4 nitrogen and oxygen atoms in total. The van der Waals surface area contributed by atoms with Crippen molar-refractivity contribution in [1.82, 2.24) is 0 Å². The van der Waals surface area contributed by atoms with Gasteiger partial charge in [-0.05, 0) is 6.92 Å². The molecule has 0 N–H and O–H groups in total. The fourth-order valence-electron chi connectivity index (χ4n) is 0. The van der Waals surface area contributed by atoms with E-state index in [1.54, 1.807) is 0 Å². The van der Waals surface area contributed by atoms with Crippen LogP contribution in [-0.4, -0.2) is 79.7 Å². The molecule has 0 heterocycles. The van der Waals surface area contributed by atoms with Crippen molar-refractivity contribution in [2.24, 2.45) is 0 Å². The highest BCUT2D eigenvalue weighted by Crippen LogP contribution is 1.74. The number of carboxylic acid groups (broad SMARTS) is 1. The van der Waals surface area contributed by atoms with Crippen LogP contribution in [0.1, 0.15) is 6.92 Å². The summed E-state index contributed by atoms with van der Waals surface area (Å²) in [5, 5.41) is 8.89. The standard InChI is InChI=1S/2C4H12N.C2H4O2.B/c2*1-5(2,3)4;1-2(3)4;/h2*1-4H3;1H3,(H,3,4);/q2*+1;;-1/p-1. The number of nitrogens with zero attached hydrogens (tertiary/aromatic N) is 2. The van der Waals surface area contributed by atoms with E-state index in [4.69, 9.17) is 9.90 Å². The largest absolute Gasteiger partial charge is 1.00 e. The van der Waals surface area contributed by atoms with E-state index in [0.717, 1.165) is 15.9 Å². The van der Waals surface area contributed by atoms with Crippen molar-refractivity contribution in [2.45, 2.75) is 6.92 Å². The number of carbonyl (C=O) groups is 1. The molecule has 0 aromatic carbocycles. The van der Waals surface area contributed by atoms with Crippen LogP contribution in [0.25, 0.3) is 0 Å². The fraction of sp³-hybridized carbons (Fsp3) is 0.900. The van der Waals surface area contributed by atoms with Gasteiger partial charge in [-0.15, -0.1) is 0 Å². The Balaban J connectivity index is -0.0000000590. The zero-order valence-electron chi connectivity index (χ0n) is 11.8. The van der Waals surface area contributed by atoms with Crippen LogP contribution in [0.15, 0.2) is 0 Å². The van der Waals surface area contributed by atoms with Crippen molar-refractivity contribution < 1.29 is 18.9 Å². The summed E-state index contributed by atoms with van der Waals surface area (Å²) in [6, 6.07) is 0. The Morgan fingerprint density at radius 3 is 0.800 bits per heavy atom. The normalized spacial score (nSPS) is 9.67. The predicted molar refractivity (Wildman–Crippen MR) is 64.3 cm³/mol. The van der Waals surface area contributed by atoms with Crippen LogP contribution in [0.2, 0.25) is 0 Å². The van der Waals surface area contributed by atoms with Crippen LogP contribution in [0.5, 0.6) is 0 Å². The summed E-state index contributed by atoms with van der Waals surface area (Å²) in [5.41, 5.74) is 0. The van der Waals surface area contributed by atoms with Gasteiger partial charge in [-0.2, -0.15) is 0 Å². The third kappa shape index (κ3) is 5940. The minimum Gasteiger partial charge on any atom is -1.00 e. The Kier molecular flexibility index (Phi) is 15.9. The molecule has 0 fully saturated rings. The first-order chi connectivity index (χ1) is 5.73. The Hall–Kier alpha value is -0.545. The number of rotatable bonds is 0. The molecule has 0 aliphatic carbocycles. The van der Waals surface area contributed by atoms with E-state index in [0.29, 0.717) is 0 Å². The first kappa shape index (κ1) is 23.9. The van der Waals surface area contributed by atoms with Crippen LogP contribution in [0.4, 0.5) is 0 Å². The maximum absolute atomic E-state index is 8.89. The van der Waals surface area contributed by atoms with E-state index in [1.165, 1.54) is 0 Å². The molecule has 0 aromatic heterocycles. The Morgan fingerprint density at radius 2 is 0.800 bits per heavy atom. The lowest BCUT2D eigenvalue weighted by Gasteiger charge is -2.14. The molecule has 0 amide bonds. The van der Waals surface area contributed by atoms with Gasteiger partial charge < -0.3 is 27.3 Å². The molecule has 4 radical (unpaired) electrons. The van der Waals surface area contributed by atoms with Crippen LogP contribution in [0.3, 0.4) is 0 Å². The average Bonchev–Trinajstić information content (AvgIpc) is 1.45. The smallest absolute Gasteiger partial charge is 0.0675 e. The van der Waals surface area contributed by atoms with Crippen LogP contribution in [-0.2, 0) is 4.79 Å². The molecule has 0 unspecified atom stereocenters. The van der Waals surface area contributed by atoms with Gasteiger partial charge in [0.1, 0.15) is 0 Å². The van der Waals surface area contributed by atoms with Crippen molar-refractivity contribution in [3.63, 3.8) is 0 Å². The van der Waals surface area contributed by atoms with Crippen LogP contribution < -0.4 is 5.11 Å². The lowest BCUT2D eigenvalue weighted by atomic mass is 10.8. The van der Waals surface area contributed by atoms with Gasteiger partial charge in [0.15, 0.2) is 0 Å². The summed E-state index contributed by atoms with van der Waals surface area (Å²) >= 11 is 0. The molecule has 0 bridgehead atoms. The summed E-state index contributed by atoms with van der Waals surface area (Å²) < 4.78 is 2.00. The average molecular weight is 218 g/mol. The molecule has 0 atom stereocenters. The third-order valence-corrected chi connectivity index (χ3v) is 0. The highest BCUT2D eigenvalue weighted by molar-refractivity contribution is 5.75. The monoisotopic (exact) mass is 218 g/mol. The molecule has 0 rings (SSSR count). The fourth-order valence-corrected chi connectivity index (χ4v) is 0. The van der Waals surface area contributed by atoms with Gasteiger partial charge in [0, 0.05) is 5.97 Å². The van der Waals surface area contributed by atoms with Gasteiger partial charge in [0.2, 0.25) is 0 Å². The maximum atomic E-state index is 8.89. The lowest BCUT2D eigenvalue weighted by molar-refractivity contribution is -0.849. The second-order valence-corrected chi connectivity index (χ2v) is 5.86. The quantitative estimate of drug-likeness (QED) is 0.387. The second-order valence-electron chi connectivity index (χ2n) is 5.86. The molecule has 15 heavy (non-hydrogen) atoms. The first-order valence-electron chi connectivity index (χ1n) is 4.49. The molecular weight excluding hydrogens is 191 g/mol. The van der Waals surface area contributed by atoms with Crippen molar-refractivity contribution in [1.29, 1.82) is 0 Å². The zero-order valence-corrected chi connectivity index (χ0v) is 11.8. The van der Waals surface area contributed by atoms with E-state index in [1.807, 2.05) is 0 Å². The second kappa shape index (κ2) is 9.99. The van der Waals surface area contributed by atoms with E-state index < -0.39 is 5.97 Å². The van der Waals surface area contributed by atoms with Gasteiger partial charge in [-0.1, -0.05) is 0 Å². The lowest BCUT2D eigenvalue weighted by Crippen LogP contribution is -2.27. The first-order valence-corrected chi connectivity index (χ1v) is 4.49. The minimum atomic E-state index is -1.08. The molecular formula is C10H27BN2O2. The number of hydrogen-bond acceptors (Lipinski definition) is 2. The summed E-state index contributed by atoms with van der Waals surface area (Å²) in [7, 11) is 17.0. The molecule has 0 saturated carbocycles. The Bertz CT molecular complexity index is 120. The topological polar surface area (TPSA) is 40.1 Å². The SMILES string of the molecule is CC(=O)[O-].C[N+](C)(C)C.C[N+](C)(C)C.[B-]. The predicted octanol–water partition coefficient (Wildman–Crippen LogP) is -0.980. The number of hydrogen-bond donors (Lipinski definition) is 0. The third-order valence-electron chi connectivity index (χ3n) is 0. The maximum Gasteiger partial charge on any atom is 0.0675 e. The molecule has 0 aliphatic rings. The summed E-state index contributed by atoms with van der Waals surface area (Å²) in [5.74, 6) is -1.08. The molecule has 0 aromatic rings. The van der Waals surface area contributed by atoms with E-state index in [9.17, 15) is 0 Å². The summed E-state index contributed by atoms with van der Waals surface area (Å²) in [4.78, 5) is 8.89. The zero-order chi connectivity index (χ0) is 12.6. The molecule has 0 aliphatic heterocycles.